The molecule has 0 heterocycles. The summed E-state index contributed by atoms with van der Waals surface area (Å²) in [6, 6.07) is 7.74. The Morgan fingerprint density at radius 1 is 1.45 bits per heavy atom. The summed E-state index contributed by atoms with van der Waals surface area (Å²) in [6.07, 6.45) is 4.01. The summed E-state index contributed by atoms with van der Waals surface area (Å²) in [5.74, 6) is 0.162. The van der Waals surface area contributed by atoms with Crippen LogP contribution in [0.25, 0.3) is 0 Å². The first kappa shape index (κ1) is 14.5. The molecule has 0 aromatic heterocycles. The van der Waals surface area contributed by atoms with Crippen LogP contribution in [0.15, 0.2) is 46.6 Å². The number of halogens is 1. The number of hydrogen-bond acceptors (Lipinski definition) is 3. The summed E-state index contributed by atoms with van der Waals surface area (Å²) in [7, 11) is 0. The number of carbonyl (C=O) groups excluding carboxylic acids is 1. The van der Waals surface area contributed by atoms with Gasteiger partial charge in [0.25, 0.3) is 0 Å². The lowest BCUT2D eigenvalue weighted by atomic mass is 9.95. The number of nitrogens with one attached hydrogen (secondary N) is 1. The number of nitrogens with zero attached hydrogens (tertiary/aromatic N) is 1. The van der Waals surface area contributed by atoms with Crippen LogP contribution in [0.5, 0.6) is 0 Å². The minimum absolute atomic E-state index is 0.162. The first-order valence-electron chi connectivity index (χ1n) is 6.47. The molecule has 0 fully saturated rings. The largest absolute Gasteiger partial charge is 0.384 e. The van der Waals surface area contributed by atoms with E-state index in [0.29, 0.717) is 24.1 Å². The third-order valence-electron chi connectivity index (χ3n) is 3.32. The fourth-order valence-corrected chi connectivity index (χ4v) is 2.77. The zero-order chi connectivity index (χ0) is 14.5. The van der Waals surface area contributed by atoms with E-state index in [2.05, 4.69) is 33.9 Å². The zero-order valence-corrected chi connectivity index (χ0v) is 12.7. The summed E-state index contributed by atoms with van der Waals surface area (Å²) >= 11 is 3.38. The number of hydrogen-bond donors (Lipinski definition) is 1. The Morgan fingerprint density at radius 3 is 2.90 bits per heavy atom. The molecule has 102 valence electrons. The van der Waals surface area contributed by atoms with Gasteiger partial charge in [-0.3, -0.25) is 4.79 Å². The quantitative estimate of drug-likeness (QED) is 0.917. The van der Waals surface area contributed by atoms with E-state index in [1.165, 1.54) is 0 Å². The predicted octanol–water partition coefficient (Wildman–Crippen LogP) is 3.60. The van der Waals surface area contributed by atoms with E-state index in [0.717, 1.165) is 28.6 Å². The van der Waals surface area contributed by atoms with Crippen LogP contribution in [-0.4, -0.2) is 5.78 Å². The smallest absolute Gasteiger partial charge is 0.164 e. The van der Waals surface area contributed by atoms with Crippen LogP contribution < -0.4 is 5.32 Å². The summed E-state index contributed by atoms with van der Waals surface area (Å²) in [5, 5.41) is 12.2. The van der Waals surface area contributed by atoms with Crippen molar-refractivity contribution in [2.75, 3.05) is 0 Å². The van der Waals surface area contributed by atoms with Gasteiger partial charge in [0.05, 0.1) is 5.56 Å². The fourth-order valence-electron chi connectivity index (χ4n) is 2.25. The molecule has 0 radical (unpaired) electrons. The molecule has 3 nitrogen and oxygen atoms in total. The molecular formula is C16H15BrN2O. The van der Waals surface area contributed by atoms with E-state index in [-0.39, 0.29) is 5.78 Å². The maximum Gasteiger partial charge on any atom is 0.164 e. The molecule has 1 aromatic rings. The van der Waals surface area contributed by atoms with Crippen LogP contribution in [0, 0.1) is 11.3 Å². The van der Waals surface area contributed by atoms with Gasteiger partial charge in [0.1, 0.15) is 6.07 Å². The number of carbonyl (C=O) groups is 1. The van der Waals surface area contributed by atoms with E-state index in [1.54, 1.807) is 12.1 Å². The monoisotopic (exact) mass is 330 g/mol. The SMILES string of the molecule is C=CC1=C(NCc2ccc(C#N)c(Br)c2)CCCC1=O. The molecule has 0 saturated carbocycles. The van der Waals surface area contributed by atoms with Crippen molar-refractivity contribution < 1.29 is 4.79 Å². The third kappa shape index (κ3) is 3.17. The van der Waals surface area contributed by atoms with Crippen LogP contribution in [0.2, 0.25) is 0 Å². The molecule has 2 rings (SSSR count). The Bertz CT molecular complexity index is 626. The van der Waals surface area contributed by atoms with Crippen molar-refractivity contribution in [1.29, 1.82) is 5.26 Å². The average molecular weight is 331 g/mol. The first-order valence-corrected chi connectivity index (χ1v) is 7.26. The van der Waals surface area contributed by atoms with E-state index < -0.39 is 0 Å². The highest BCUT2D eigenvalue weighted by atomic mass is 79.9. The molecule has 0 amide bonds. The van der Waals surface area contributed by atoms with Crippen molar-refractivity contribution in [3.63, 3.8) is 0 Å². The second kappa shape index (κ2) is 6.53. The predicted molar refractivity (Wildman–Crippen MR) is 81.8 cm³/mol. The van der Waals surface area contributed by atoms with Gasteiger partial charge >= 0.3 is 0 Å². The van der Waals surface area contributed by atoms with Crippen LogP contribution in [0.3, 0.4) is 0 Å². The topological polar surface area (TPSA) is 52.9 Å². The average Bonchev–Trinajstić information content (AvgIpc) is 2.45. The van der Waals surface area contributed by atoms with Crippen molar-refractivity contribution in [3.05, 3.63) is 57.7 Å². The maximum absolute atomic E-state index is 11.8. The van der Waals surface area contributed by atoms with Crippen molar-refractivity contribution in [2.45, 2.75) is 25.8 Å². The molecule has 1 aliphatic carbocycles. The molecule has 4 heteroatoms. The molecule has 1 aliphatic rings. The Hall–Kier alpha value is -1.86. The van der Waals surface area contributed by atoms with Gasteiger partial charge in [0.15, 0.2) is 5.78 Å². The first-order chi connectivity index (χ1) is 9.65. The van der Waals surface area contributed by atoms with Gasteiger partial charge in [0.2, 0.25) is 0 Å². The summed E-state index contributed by atoms with van der Waals surface area (Å²) < 4.78 is 0.789. The maximum atomic E-state index is 11.8. The number of nitriles is 1. The summed E-state index contributed by atoms with van der Waals surface area (Å²) in [6.45, 7) is 4.34. The second-order valence-corrected chi connectivity index (χ2v) is 5.51. The minimum atomic E-state index is 0.162. The Labute approximate surface area is 127 Å². The Balaban J connectivity index is 2.12. The van der Waals surface area contributed by atoms with Gasteiger partial charge in [-0.1, -0.05) is 18.7 Å². The lowest BCUT2D eigenvalue weighted by Gasteiger charge is -2.19. The van der Waals surface area contributed by atoms with E-state index in [9.17, 15) is 4.79 Å². The second-order valence-electron chi connectivity index (χ2n) is 4.65. The lowest BCUT2D eigenvalue weighted by Crippen LogP contribution is -2.21. The van der Waals surface area contributed by atoms with Crippen LogP contribution in [-0.2, 0) is 11.3 Å². The van der Waals surface area contributed by atoms with Crippen LogP contribution in [0.1, 0.15) is 30.4 Å². The molecule has 1 N–H and O–H groups in total. The van der Waals surface area contributed by atoms with E-state index >= 15 is 0 Å². The van der Waals surface area contributed by atoms with E-state index in [1.807, 2.05) is 12.1 Å². The van der Waals surface area contributed by atoms with Gasteiger partial charge in [0, 0.05) is 28.7 Å². The Morgan fingerprint density at radius 2 is 2.25 bits per heavy atom. The minimum Gasteiger partial charge on any atom is -0.384 e. The van der Waals surface area contributed by atoms with E-state index in [4.69, 9.17) is 5.26 Å². The molecule has 0 atom stereocenters. The van der Waals surface area contributed by atoms with Crippen LogP contribution in [0.4, 0.5) is 0 Å². The molecular weight excluding hydrogens is 316 g/mol. The van der Waals surface area contributed by atoms with Crippen molar-refractivity contribution in [3.8, 4) is 6.07 Å². The number of Topliss-reactive ketones (excluding diaryl/α,β-unsaturated/α-hetero) is 1. The molecule has 0 bridgehead atoms. The molecule has 0 spiro atoms. The Kier molecular flexibility index (Phi) is 4.75. The molecule has 1 aromatic carbocycles. The number of ketones is 1. The third-order valence-corrected chi connectivity index (χ3v) is 3.98. The standard InChI is InChI=1S/C16H15BrN2O/c1-2-13-15(4-3-5-16(13)20)19-10-11-6-7-12(9-18)14(17)8-11/h2,6-8,19H,1,3-5,10H2. The lowest BCUT2D eigenvalue weighted by molar-refractivity contribution is -0.115. The van der Waals surface area contributed by atoms with Crippen molar-refractivity contribution >= 4 is 21.7 Å². The number of allylic oxidation sites excluding steroid dienone is 3. The van der Waals surface area contributed by atoms with Crippen molar-refractivity contribution in [1.82, 2.24) is 5.32 Å². The number of benzene rings is 1. The number of rotatable bonds is 4. The van der Waals surface area contributed by atoms with Crippen molar-refractivity contribution in [2.24, 2.45) is 0 Å². The summed E-state index contributed by atoms with van der Waals surface area (Å²) in [4.78, 5) is 11.8. The summed E-state index contributed by atoms with van der Waals surface area (Å²) in [5.41, 5.74) is 3.36. The fraction of sp³-hybridized carbons (Fsp3) is 0.250. The molecule has 0 aliphatic heterocycles. The highest BCUT2D eigenvalue weighted by Gasteiger charge is 2.17. The van der Waals surface area contributed by atoms with Gasteiger partial charge < -0.3 is 5.32 Å². The van der Waals surface area contributed by atoms with Gasteiger partial charge in [-0.05, 0) is 46.5 Å². The normalized spacial score (nSPS) is 14.9. The van der Waals surface area contributed by atoms with Gasteiger partial charge in [-0.25, -0.2) is 0 Å². The van der Waals surface area contributed by atoms with Gasteiger partial charge in [-0.15, -0.1) is 0 Å². The highest BCUT2D eigenvalue weighted by Crippen LogP contribution is 2.22. The molecule has 0 unspecified atom stereocenters. The molecule has 20 heavy (non-hydrogen) atoms. The molecule has 0 saturated heterocycles. The highest BCUT2D eigenvalue weighted by molar-refractivity contribution is 9.10. The van der Waals surface area contributed by atoms with Gasteiger partial charge in [-0.2, -0.15) is 5.26 Å². The zero-order valence-electron chi connectivity index (χ0n) is 11.1. The van der Waals surface area contributed by atoms with Crippen LogP contribution >= 0.6 is 15.9 Å².